The summed E-state index contributed by atoms with van der Waals surface area (Å²) in [7, 11) is 0. The molecular formula is C20H13ClN4O4S2. The number of hydrogen-bond donors (Lipinski definition) is 1. The first kappa shape index (κ1) is 21.0. The molecule has 11 heteroatoms. The summed E-state index contributed by atoms with van der Waals surface area (Å²) in [5, 5.41) is 15.0. The van der Waals surface area contributed by atoms with E-state index >= 15 is 0 Å². The molecule has 0 aliphatic carbocycles. The summed E-state index contributed by atoms with van der Waals surface area (Å²) in [5.74, 6) is 0.695. The average molecular weight is 473 g/mol. The van der Waals surface area contributed by atoms with Crippen molar-refractivity contribution in [1.82, 2.24) is 10.4 Å². The fraction of sp³-hybridized carbons (Fsp3) is 0.0500. The number of para-hydroxylation sites is 1. The van der Waals surface area contributed by atoms with E-state index in [1.165, 1.54) is 41.4 Å². The minimum absolute atomic E-state index is 0.0496. The number of benzene rings is 2. The fourth-order valence-corrected chi connectivity index (χ4v) is 4.67. The summed E-state index contributed by atoms with van der Waals surface area (Å²) in [6.45, 7) is 0. The second kappa shape index (κ2) is 9.29. The van der Waals surface area contributed by atoms with E-state index in [4.69, 9.17) is 16.0 Å². The van der Waals surface area contributed by atoms with E-state index in [2.05, 4.69) is 15.5 Å². The van der Waals surface area contributed by atoms with Gasteiger partial charge in [0.05, 0.1) is 27.1 Å². The van der Waals surface area contributed by atoms with Crippen LogP contribution in [-0.2, 0) is 4.79 Å². The van der Waals surface area contributed by atoms with Crippen molar-refractivity contribution in [3.05, 3.63) is 75.5 Å². The number of nitro groups is 1. The Kier molecular flexibility index (Phi) is 6.31. The molecule has 1 N–H and O–H groups in total. The van der Waals surface area contributed by atoms with Gasteiger partial charge in [0.15, 0.2) is 4.34 Å². The number of fused-ring (bicyclic) bond motifs is 1. The predicted octanol–water partition coefficient (Wildman–Crippen LogP) is 5.36. The summed E-state index contributed by atoms with van der Waals surface area (Å²) in [6, 6.07) is 15.5. The maximum atomic E-state index is 12.0. The first-order valence-electron chi connectivity index (χ1n) is 8.84. The summed E-state index contributed by atoms with van der Waals surface area (Å²) in [6.07, 6.45) is 1.36. The Morgan fingerprint density at radius 3 is 2.94 bits per heavy atom. The molecule has 0 saturated carbocycles. The molecule has 4 rings (SSSR count). The zero-order chi connectivity index (χ0) is 21.8. The Hall–Kier alpha value is -3.21. The quantitative estimate of drug-likeness (QED) is 0.168. The highest BCUT2D eigenvalue weighted by molar-refractivity contribution is 8.01. The number of furan rings is 1. The molecule has 8 nitrogen and oxygen atoms in total. The highest BCUT2D eigenvalue weighted by Gasteiger charge is 2.15. The van der Waals surface area contributed by atoms with Crippen LogP contribution in [-0.4, -0.2) is 27.8 Å². The second-order valence-corrected chi connectivity index (χ2v) is 8.81. The van der Waals surface area contributed by atoms with Crippen molar-refractivity contribution in [3.63, 3.8) is 0 Å². The number of carbonyl (C=O) groups is 1. The van der Waals surface area contributed by atoms with Gasteiger partial charge in [-0.3, -0.25) is 14.9 Å². The molecule has 0 aliphatic heterocycles. The summed E-state index contributed by atoms with van der Waals surface area (Å²) < 4.78 is 7.49. The van der Waals surface area contributed by atoms with Crippen LogP contribution in [0.4, 0.5) is 5.69 Å². The van der Waals surface area contributed by atoms with Crippen LogP contribution >= 0.6 is 34.7 Å². The molecule has 2 aromatic carbocycles. The lowest BCUT2D eigenvalue weighted by molar-refractivity contribution is -0.384. The molecule has 0 fully saturated rings. The van der Waals surface area contributed by atoms with E-state index in [0.717, 1.165) is 14.6 Å². The van der Waals surface area contributed by atoms with Gasteiger partial charge in [0.2, 0.25) is 0 Å². The molecule has 0 radical (unpaired) electrons. The maximum Gasteiger partial charge on any atom is 0.288 e. The number of halogens is 1. The second-order valence-electron chi connectivity index (χ2n) is 6.15. The molecule has 0 atom stereocenters. The van der Waals surface area contributed by atoms with Gasteiger partial charge in [-0.1, -0.05) is 35.5 Å². The van der Waals surface area contributed by atoms with Crippen LogP contribution in [0, 0.1) is 10.1 Å². The molecule has 0 spiro atoms. The number of hydrogen-bond acceptors (Lipinski definition) is 8. The fourth-order valence-electron chi connectivity index (χ4n) is 2.62. The SMILES string of the molecule is O=C(CSc1nc2ccccc2s1)N/N=C\c1ccc(-c2ccc(Cl)c([N+](=O)[O-])c2)o1. The number of carbonyl (C=O) groups excluding carboxylic acids is 1. The van der Waals surface area contributed by atoms with E-state index in [0.29, 0.717) is 17.1 Å². The Labute approximate surface area is 189 Å². The maximum absolute atomic E-state index is 12.0. The summed E-state index contributed by atoms with van der Waals surface area (Å²) in [4.78, 5) is 26.9. The van der Waals surface area contributed by atoms with Crippen LogP contribution in [0.15, 0.2) is 68.5 Å². The lowest BCUT2D eigenvalue weighted by Crippen LogP contribution is -2.19. The van der Waals surface area contributed by atoms with E-state index in [9.17, 15) is 14.9 Å². The zero-order valence-corrected chi connectivity index (χ0v) is 18.0. The highest BCUT2D eigenvalue weighted by atomic mass is 35.5. The van der Waals surface area contributed by atoms with Gasteiger partial charge >= 0.3 is 0 Å². The van der Waals surface area contributed by atoms with Crippen LogP contribution in [0.5, 0.6) is 0 Å². The summed E-state index contributed by atoms with van der Waals surface area (Å²) in [5.41, 5.74) is 3.65. The van der Waals surface area contributed by atoms with Gasteiger partial charge < -0.3 is 4.42 Å². The molecule has 4 aromatic rings. The minimum Gasteiger partial charge on any atom is -0.455 e. The third kappa shape index (κ3) is 5.10. The minimum atomic E-state index is -0.557. The number of thiazole rings is 1. The predicted molar refractivity (Wildman–Crippen MR) is 122 cm³/mol. The lowest BCUT2D eigenvalue weighted by atomic mass is 10.1. The molecule has 0 aliphatic rings. The van der Waals surface area contributed by atoms with Crippen molar-refractivity contribution in [2.75, 3.05) is 5.75 Å². The normalized spacial score (nSPS) is 11.3. The first-order valence-corrected chi connectivity index (χ1v) is 11.0. The first-order chi connectivity index (χ1) is 15.0. The number of aromatic nitrogens is 1. The van der Waals surface area contributed by atoms with E-state index < -0.39 is 4.92 Å². The lowest BCUT2D eigenvalue weighted by Gasteiger charge is -1.99. The van der Waals surface area contributed by atoms with Crippen LogP contribution < -0.4 is 5.43 Å². The molecule has 0 bridgehead atoms. The van der Waals surface area contributed by atoms with Gasteiger partial charge in [-0.05, 0) is 36.4 Å². The monoisotopic (exact) mass is 472 g/mol. The number of hydrazone groups is 1. The van der Waals surface area contributed by atoms with Crippen LogP contribution in [0.1, 0.15) is 5.76 Å². The molecule has 156 valence electrons. The van der Waals surface area contributed by atoms with Gasteiger partial charge in [0.25, 0.3) is 11.6 Å². The van der Waals surface area contributed by atoms with Crippen molar-refractivity contribution in [2.45, 2.75) is 4.34 Å². The molecule has 2 heterocycles. The Balaban J connectivity index is 1.33. The summed E-state index contributed by atoms with van der Waals surface area (Å²) >= 11 is 8.70. The number of nitrogens with zero attached hydrogens (tertiary/aromatic N) is 3. The van der Waals surface area contributed by atoms with E-state index in [1.54, 1.807) is 18.2 Å². The number of amides is 1. The van der Waals surface area contributed by atoms with Crippen molar-refractivity contribution in [2.24, 2.45) is 5.10 Å². The Bertz CT molecular complexity index is 1270. The Morgan fingerprint density at radius 1 is 1.29 bits per heavy atom. The highest BCUT2D eigenvalue weighted by Crippen LogP contribution is 2.31. The van der Waals surface area contributed by atoms with Gasteiger partial charge in [-0.2, -0.15) is 5.10 Å². The van der Waals surface area contributed by atoms with Crippen molar-refractivity contribution < 1.29 is 14.1 Å². The molecule has 1 amide bonds. The molecule has 0 saturated heterocycles. The van der Waals surface area contributed by atoms with Gasteiger partial charge in [-0.25, -0.2) is 10.4 Å². The number of nitrogens with one attached hydrogen (secondary N) is 1. The van der Waals surface area contributed by atoms with Gasteiger partial charge in [0, 0.05) is 11.6 Å². The third-order valence-corrected chi connectivity index (χ3v) is 6.54. The van der Waals surface area contributed by atoms with Gasteiger partial charge in [0.1, 0.15) is 16.5 Å². The van der Waals surface area contributed by atoms with Crippen molar-refractivity contribution in [1.29, 1.82) is 0 Å². The van der Waals surface area contributed by atoms with Crippen molar-refractivity contribution >= 4 is 62.7 Å². The average Bonchev–Trinajstić information content (AvgIpc) is 3.39. The number of thioether (sulfide) groups is 1. The topological polar surface area (TPSA) is 111 Å². The van der Waals surface area contributed by atoms with Crippen LogP contribution in [0.2, 0.25) is 5.02 Å². The zero-order valence-electron chi connectivity index (χ0n) is 15.6. The molecule has 2 aromatic heterocycles. The smallest absolute Gasteiger partial charge is 0.288 e. The Morgan fingerprint density at radius 2 is 2.13 bits per heavy atom. The van der Waals surface area contributed by atoms with Crippen LogP contribution in [0.25, 0.3) is 21.5 Å². The van der Waals surface area contributed by atoms with Crippen LogP contribution in [0.3, 0.4) is 0 Å². The number of nitro benzene ring substituents is 1. The number of rotatable bonds is 7. The standard InChI is InChI=1S/C20H13ClN4O4S2/c21-14-7-5-12(9-16(14)25(27)28)17-8-6-13(29-17)10-22-24-19(26)11-30-20-23-15-3-1-2-4-18(15)31-20/h1-10H,11H2,(H,24,26)/b22-10-. The molecular weight excluding hydrogens is 460 g/mol. The molecule has 0 unspecified atom stereocenters. The largest absolute Gasteiger partial charge is 0.455 e. The van der Waals surface area contributed by atoms with E-state index in [-0.39, 0.29) is 22.4 Å². The van der Waals surface area contributed by atoms with E-state index in [1.807, 2.05) is 24.3 Å². The van der Waals surface area contributed by atoms with Gasteiger partial charge in [-0.15, -0.1) is 11.3 Å². The van der Waals surface area contributed by atoms with Crippen molar-refractivity contribution in [3.8, 4) is 11.3 Å². The third-order valence-electron chi connectivity index (χ3n) is 4.04. The molecule has 31 heavy (non-hydrogen) atoms.